The highest BCUT2D eigenvalue weighted by molar-refractivity contribution is 5.75. The van der Waals surface area contributed by atoms with Crippen LogP contribution < -0.4 is 5.32 Å². The number of aliphatic hydroxyl groups is 1. The summed E-state index contributed by atoms with van der Waals surface area (Å²) in [6, 6.07) is 0.557. The summed E-state index contributed by atoms with van der Waals surface area (Å²) < 4.78 is 5.25. The summed E-state index contributed by atoms with van der Waals surface area (Å²) >= 11 is 0. The van der Waals surface area contributed by atoms with E-state index < -0.39 is 0 Å². The van der Waals surface area contributed by atoms with Gasteiger partial charge in [-0.2, -0.15) is 0 Å². The molecule has 2 amide bonds. The number of nitrogens with one attached hydrogen (secondary N) is 1. The topological polar surface area (TPSA) is 61.8 Å². The maximum atomic E-state index is 12.1. The second-order valence-corrected chi connectivity index (χ2v) is 4.87. The lowest BCUT2D eigenvalue weighted by atomic mass is 9.91. The predicted molar refractivity (Wildman–Crippen MR) is 63.8 cm³/mol. The summed E-state index contributed by atoms with van der Waals surface area (Å²) in [5.41, 5.74) is 0. The van der Waals surface area contributed by atoms with E-state index in [2.05, 4.69) is 5.32 Å². The Kier molecular flexibility index (Phi) is 4.62. The fourth-order valence-electron chi connectivity index (χ4n) is 2.30. The summed E-state index contributed by atoms with van der Waals surface area (Å²) in [4.78, 5) is 14.0. The highest BCUT2D eigenvalue weighted by Gasteiger charge is 2.30. The number of rotatable bonds is 5. The van der Waals surface area contributed by atoms with Crippen molar-refractivity contribution in [2.24, 2.45) is 0 Å². The minimum absolute atomic E-state index is 0.0126. The van der Waals surface area contributed by atoms with Gasteiger partial charge in [0.2, 0.25) is 0 Å². The van der Waals surface area contributed by atoms with E-state index in [-0.39, 0.29) is 18.7 Å². The predicted octanol–water partition coefficient (Wildman–Crippen LogP) is 0.722. The summed E-state index contributed by atoms with van der Waals surface area (Å²) in [6.45, 7) is 2.17. The first-order valence-electron chi connectivity index (χ1n) is 6.57. The third kappa shape index (κ3) is 3.33. The van der Waals surface area contributed by atoms with Crippen LogP contribution in [-0.4, -0.2) is 54.5 Å². The molecule has 2 fully saturated rings. The largest absolute Gasteiger partial charge is 0.396 e. The quantitative estimate of drug-likeness (QED) is 0.747. The van der Waals surface area contributed by atoms with E-state index in [1.807, 2.05) is 4.90 Å². The van der Waals surface area contributed by atoms with Crippen LogP contribution in [0.1, 0.15) is 32.1 Å². The van der Waals surface area contributed by atoms with Gasteiger partial charge in [-0.1, -0.05) is 0 Å². The Morgan fingerprint density at radius 1 is 1.41 bits per heavy atom. The normalized spacial score (nSPS) is 24.4. The van der Waals surface area contributed by atoms with E-state index in [1.165, 1.54) is 6.42 Å². The summed E-state index contributed by atoms with van der Waals surface area (Å²) in [7, 11) is 0. The average Bonchev–Trinajstić information content (AvgIpc) is 2.73. The van der Waals surface area contributed by atoms with Crippen molar-refractivity contribution in [2.45, 2.75) is 44.2 Å². The van der Waals surface area contributed by atoms with Crippen LogP contribution in [-0.2, 0) is 4.74 Å². The van der Waals surface area contributed by atoms with Crippen molar-refractivity contribution >= 4 is 6.03 Å². The molecule has 0 aromatic carbocycles. The third-order valence-electron chi connectivity index (χ3n) is 3.59. The van der Waals surface area contributed by atoms with Crippen LogP contribution in [0.4, 0.5) is 4.79 Å². The van der Waals surface area contributed by atoms with Crippen LogP contribution in [0, 0.1) is 0 Å². The molecule has 1 heterocycles. The van der Waals surface area contributed by atoms with Crippen molar-refractivity contribution in [1.29, 1.82) is 0 Å². The number of amides is 2. The molecule has 2 rings (SSSR count). The molecule has 0 radical (unpaired) electrons. The van der Waals surface area contributed by atoms with Gasteiger partial charge in [0.05, 0.1) is 12.6 Å². The Labute approximate surface area is 102 Å². The summed E-state index contributed by atoms with van der Waals surface area (Å²) in [6.07, 6.45) is 4.97. The first-order valence-corrected chi connectivity index (χ1v) is 6.57. The molecule has 1 aliphatic carbocycles. The molecule has 98 valence electrons. The lowest BCUT2D eigenvalue weighted by Gasteiger charge is -2.38. The molecule has 0 aromatic heterocycles. The van der Waals surface area contributed by atoms with Gasteiger partial charge < -0.3 is 20.1 Å². The number of hydrogen-bond acceptors (Lipinski definition) is 3. The zero-order valence-corrected chi connectivity index (χ0v) is 10.2. The van der Waals surface area contributed by atoms with Gasteiger partial charge in [-0.15, -0.1) is 0 Å². The highest BCUT2D eigenvalue weighted by Crippen LogP contribution is 2.25. The van der Waals surface area contributed by atoms with Crippen LogP contribution >= 0.6 is 0 Å². The standard InChI is InChI=1S/C12H22N2O3/c15-7-2-6-14(11-3-1-4-11)12(16)13-10-5-8-17-9-10/h10-11,15H,1-9H2,(H,13,16). The van der Waals surface area contributed by atoms with Crippen molar-refractivity contribution in [1.82, 2.24) is 10.2 Å². The van der Waals surface area contributed by atoms with Crippen molar-refractivity contribution in [2.75, 3.05) is 26.4 Å². The van der Waals surface area contributed by atoms with Crippen molar-refractivity contribution in [3.8, 4) is 0 Å². The first-order chi connectivity index (χ1) is 8.31. The lowest BCUT2D eigenvalue weighted by Crippen LogP contribution is -2.52. The van der Waals surface area contributed by atoms with Crippen molar-refractivity contribution < 1.29 is 14.6 Å². The third-order valence-corrected chi connectivity index (χ3v) is 3.59. The molecular formula is C12H22N2O3. The molecule has 0 spiro atoms. The fourth-order valence-corrected chi connectivity index (χ4v) is 2.30. The Morgan fingerprint density at radius 2 is 2.24 bits per heavy atom. The highest BCUT2D eigenvalue weighted by atomic mass is 16.5. The lowest BCUT2D eigenvalue weighted by molar-refractivity contribution is 0.126. The van der Waals surface area contributed by atoms with Gasteiger partial charge in [0.1, 0.15) is 0 Å². The van der Waals surface area contributed by atoms with Gasteiger partial charge in [0.15, 0.2) is 0 Å². The molecule has 2 N–H and O–H groups in total. The number of hydrogen-bond donors (Lipinski definition) is 2. The Bertz CT molecular complexity index is 250. The first kappa shape index (κ1) is 12.6. The smallest absolute Gasteiger partial charge is 0.317 e. The zero-order valence-electron chi connectivity index (χ0n) is 10.2. The van der Waals surface area contributed by atoms with E-state index in [9.17, 15) is 4.79 Å². The SMILES string of the molecule is O=C(NC1CCOC1)N(CCCO)C1CCC1. The molecule has 5 nitrogen and oxygen atoms in total. The Hall–Kier alpha value is -0.810. The number of aliphatic hydroxyl groups excluding tert-OH is 1. The van der Waals surface area contributed by atoms with E-state index in [0.29, 0.717) is 25.6 Å². The second-order valence-electron chi connectivity index (χ2n) is 4.87. The molecule has 5 heteroatoms. The molecule has 17 heavy (non-hydrogen) atoms. The van der Waals surface area contributed by atoms with Gasteiger partial charge in [-0.05, 0) is 32.1 Å². The Balaban J connectivity index is 1.82. The number of nitrogens with zero attached hydrogens (tertiary/aromatic N) is 1. The zero-order chi connectivity index (χ0) is 12.1. The maximum absolute atomic E-state index is 12.1. The van der Waals surface area contributed by atoms with E-state index in [0.717, 1.165) is 25.9 Å². The van der Waals surface area contributed by atoms with E-state index in [1.54, 1.807) is 0 Å². The van der Waals surface area contributed by atoms with Crippen molar-refractivity contribution in [3.63, 3.8) is 0 Å². The van der Waals surface area contributed by atoms with Gasteiger partial charge in [-0.3, -0.25) is 0 Å². The van der Waals surface area contributed by atoms with Crippen LogP contribution in [0.3, 0.4) is 0 Å². The van der Waals surface area contributed by atoms with Crippen LogP contribution in [0.15, 0.2) is 0 Å². The maximum Gasteiger partial charge on any atom is 0.317 e. The molecule has 0 aromatic rings. The van der Waals surface area contributed by atoms with Crippen molar-refractivity contribution in [3.05, 3.63) is 0 Å². The van der Waals surface area contributed by atoms with Gasteiger partial charge in [0, 0.05) is 25.8 Å². The molecule has 1 saturated carbocycles. The van der Waals surface area contributed by atoms with Crippen LogP contribution in [0.2, 0.25) is 0 Å². The number of carbonyl (C=O) groups is 1. The summed E-state index contributed by atoms with van der Waals surface area (Å²) in [5.74, 6) is 0. The van der Waals surface area contributed by atoms with Gasteiger partial charge in [0.25, 0.3) is 0 Å². The van der Waals surface area contributed by atoms with E-state index >= 15 is 0 Å². The van der Waals surface area contributed by atoms with Crippen LogP contribution in [0.5, 0.6) is 0 Å². The number of urea groups is 1. The molecule has 1 aliphatic heterocycles. The van der Waals surface area contributed by atoms with Crippen LogP contribution in [0.25, 0.3) is 0 Å². The minimum Gasteiger partial charge on any atom is -0.396 e. The summed E-state index contributed by atoms with van der Waals surface area (Å²) in [5, 5.41) is 11.9. The minimum atomic E-state index is 0.0126. The second kappa shape index (κ2) is 6.21. The molecule has 0 bridgehead atoms. The fraction of sp³-hybridized carbons (Fsp3) is 0.917. The monoisotopic (exact) mass is 242 g/mol. The van der Waals surface area contributed by atoms with E-state index in [4.69, 9.17) is 9.84 Å². The molecular weight excluding hydrogens is 220 g/mol. The molecule has 2 aliphatic rings. The molecule has 1 saturated heterocycles. The molecule has 1 atom stereocenters. The van der Waals surface area contributed by atoms with Gasteiger partial charge >= 0.3 is 6.03 Å². The Morgan fingerprint density at radius 3 is 2.76 bits per heavy atom. The average molecular weight is 242 g/mol. The number of carbonyl (C=O) groups excluding carboxylic acids is 1. The van der Waals surface area contributed by atoms with Gasteiger partial charge in [-0.25, -0.2) is 4.79 Å². The molecule has 1 unspecified atom stereocenters. The number of ether oxygens (including phenoxy) is 1.